The molecule has 3 aromatic rings. The van der Waals surface area contributed by atoms with Crippen molar-refractivity contribution in [1.82, 2.24) is 5.32 Å². The van der Waals surface area contributed by atoms with E-state index in [2.05, 4.69) is 16.0 Å². The molecule has 0 aromatic heterocycles. The lowest BCUT2D eigenvalue weighted by molar-refractivity contribution is -0.120. The van der Waals surface area contributed by atoms with Crippen LogP contribution in [0.4, 0.5) is 17.1 Å². The fourth-order valence-corrected chi connectivity index (χ4v) is 8.58. The van der Waals surface area contributed by atoms with Gasteiger partial charge in [0.2, 0.25) is 33.0 Å². The Kier molecular flexibility index (Phi) is 11.9. The minimum absolute atomic E-state index is 0.0356. The lowest BCUT2D eigenvalue weighted by Gasteiger charge is -2.30. The minimum atomic E-state index is -3.54. The molecular formula is C38H48N4O9S. The van der Waals surface area contributed by atoms with Gasteiger partial charge in [0.15, 0.2) is 11.5 Å². The number of sulfonamides is 1. The van der Waals surface area contributed by atoms with Crippen molar-refractivity contribution in [2.24, 2.45) is 5.92 Å². The van der Waals surface area contributed by atoms with Gasteiger partial charge in [0.25, 0.3) is 0 Å². The Hall–Kier alpha value is -4.98. The summed E-state index contributed by atoms with van der Waals surface area (Å²) in [6, 6.07) is 10.4. The van der Waals surface area contributed by atoms with E-state index in [1.807, 2.05) is 19.9 Å². The first kappa shape index (κ1) is 38.3. The van der Waals surface area contributed by atoms with Gasteiger partial charge in [-0.1, -0.05) is 26.3 Å². The van der Waals surface area contributed by atoms with Crippen LogP contribution in [-0.2, 0) is 26.0 Å². The van der Waals surface area contributed by atoms with E-state index >= 15 is 0 Å². The SMILES string of the molecule is CCC(C)C(Nc1ccc2c(cc1=O)C(NC(C)=O)CCc1cc(OC)c(OC)c(OC)c1-2)C(=O)Nc1ccc(OC)c(N2CCCCS2(=O)=O)c1. The number of hydrogen-bond donors (Lipinski definition) is 3. The molecule has 280 valence electrons. The molecule has 0 spiro atoms. The smallest absolute Gasteiger partial charge is 0.247 e. The number of aryl methyl sites for hydroxylation is 1. The highest BCUT2D eigenvalue weighted by molar-refractivity contribution is 7.92. The fraction of sp³-hybridized carbons (Fsp3) is 0.447. The molecule has 1 saturated heterocycles. The summed E-state index contributed by atoms with van der Waals surface area (Å²) in [4.78, 5) is 40.4. The maximum atomic E-state index is 14.0. The number of nitrogens with zero attached hydrogens (tertiary/aromatic N) is 1. The number of carbonyl (C=O) groups is 2. The van der Waals surface area contributed by atoms with Gasteiger partial charge in [0.1, 0.15) is 11.8 Å². The first-order chi connectivity index (χ1) is 24.9. The Morgan fingerprint density at radius 2 is 1.67 bits per heavy atom. The van der Waals surface area contributed by atoms with Gasteiger partial charge in [0.05, 0.1) is 51.6 Å². The number of benzene rings is 2. The van der Waals surface area contributed by atoms with E-state index in [4.69, 9.17) is 18.9 Å². The molecule has 14 heteroatoms. The van der Waals surface area contributed by atoms with Crippen LogP contribution >= 0.6 is 0 Å². The molecule has 3 N–H and O–H groups in total. The first-order valence-electron chi connectivity index (χ1n) is 17.4. The number of hydrogen-bond acceptors (Lipinski definition) is 10. The molecule has 1 heterocycles. The monoisotopic (exact) mass is 736 g/mol. The summed E-state index contributed by atoms with van der Waals surface area (Å²) in [7, 11) is 2.54. The minimum Gasteiger partial charge on any atom is -0.495 e. The molecule has 1 aliphatic heterocycles. The highest BCUT2D eigenvalue weighted by Crippen LogP contribution is 2.50. The third-order valence-electron chi connectivity index (χ3n) is 9.79. The van der Waals surface area contributed by atoms with Crippen molar-refractivity contribution in [3.63, 3.8) is 0 Å². The van der Waals surface area contributed by atoms with Gasteiger partial charge >= 0.3 is 0 Å². The second kappa shape index (κ2) is 16.1. The Bertz CT molecular complexity index is 2000. The summed E-state index contributed by atoms with van der Waals surface area (Å²) < 4.78 is 49.9. The van der Waals surface area contributed by atoms with Crippen molar-refractivity contribution in [2.75, 3.05) is 55.7 Å². The largest absolute Gasteiger partial charge is 0.495 e. The number of rotatable bonds is 12. The van der Waals surface area contributed by atoms with E-state index in [1.54, 1.807) is 37.4 Å². The topological polar surface area (TPSA) is 162 Å². The molecule has 52 heavy (non-hydrogen) atoms. The van der Waals surface area contributed by atoms with Crippen LogP contribution in [0.1, 0.15) is 63.6 Å². The van der Waals surface area contributed by atoms with E-state index < -0.39 is 28.0 Å². The number of nitrogens with one attached hydrogen (secondary N) is 3. The van der Waals surface area contributed by atoms with Gasteiger partial charge in [-0.2, -0.15) is 0 Å². The predicted molar refractivity (Wildman–Crippen MR) is 202 cm³/mol. The zero-order valence-electron chi connectivity index (χ0n) is 30.8. The van der Waals surface area contributed by atoms with E-state index in [0.717, 1.165) is 5.56 Å². The molecule has 1 aliphatic carbocycles. The summed E-state index contributed by atoms with van der Waals surface area (Å²) in [6.07, 6.45) is 2.97. The average molecular weight is 737 g/mol. The Morgan fingerprint density at radius 3 is 2.31 bits per heavy atom. The molecule has 5 rings (SSSR count). The standard InChI is InChI=1S/C38H48N4O9S/c1-8-22(2)35(38(45)40-25-12-16-32(48-4)30(20-25)42-17-9-10-18-52(42,46)47)41-29-15-13-26-27(21-31(29)44)28(39-23(3)43)14-11-24-19-33(49-5)36(50-6)37(51-7)34(24)26/h12-13,15-16,19-22,28,35H,8-11,14,17-18H2,1-7H3,(H,39,43)(H,40,45)(H,41,44). The number of anilines is 3. The molecule has 3 unspecified atom stereocenters. The van der Waals surface area contributed by atoms with Gasteiger partial charge < -0.3 is 34.9 Å². The van der Waals surface area contributed by atoms with Gasteiger partial charge in [-0.3, -0.25) is 18.7 Å². The van der Waals surface area contributed by atoms with Crippen molar-refractivity contribution < 1.29 is 37.0 Å². The van der Waals surface area contributed by atoms with Crippen LogP contribution in [-0.4, -0.2) is 67.0 Å². The van der Waals surface area contributed by atoms with Crippen LogP contribution in [0.25, 0.3) is 11.1 Å². The van der Waals surface area contributed by atoms with Crippen molar-refractivity contribution >= 4 is 38.9 Å². The maximum Gasteiger partial charge on any atom is 0.247 e. The van der Waals surface area contributed by atoms with Crippen molar-refractivity contribution in [1.29, 1.82) is 0 Å². The van der Waals surface area contributed by atoms with Crippen molar-refractivity contribution in [2.45, 2.75) is 65.0 Å². The first-order valence-corrected chi connectivity index (χ1v) is 19.0. The van der Waals surface area contributed by atoms with Gasteiger partial charge in [-0.15, -0.1) is 0 Å². The molecule has 2 aliphatic rings. The molecule has 0 bridgehead atoms. The van der Waals surface area contributed by atoms with Crippen LogP contribution in [0.2, 0.25) is 0 Å². The van der Waals surface area contributed by atoms with E-state index in [9.17, 15) is 22.8 Å². The molecule has 0 saturated carbocycles. The Labute approximate surface area is 305 Å². The number of amides is 2. The molecule has 3 atom stereocenters. The van der Waals surface area contributed by atoms with Gasteiger partial charge in [-0.05, 0) is 84.7 Å². The second-order valence-electron chi connectivity index (χ2n) is 13.1. The molecule has 0 radical (unpaired) electrons. The lowest BCUT2D eigenvalue weighted by atomic mass is 9.95. The molecular weight excluding hydrogens is 689 g/mol. The molecule has 2 amide bonds. The average Bonchev–Trinajstić information content (AvgIpc) is 3.36. The van der Waals surface area contributed by atoms with Gasteiger partial charge in [-0.25, -0.2) is 8.42 Å². The number of fused-ring (bicyclic) bond motifs is 3. The Morgan fingerprint density at radius 1 is 0.942 bits per heavy atom. The third-order valence-corrected chi connectivity index (χ3v) is 11.6. The second-order valence-corrected chi connectivity index (χ2v) is 15.1. The fourth-order valence-electron chi connectivity index (χ4n) is 6.94. The number of carbonyl (C=O) groups excluding carboxylic acids is 2. The Balaban J connectivity index is 1.56. The van der Waals surface area contributed by atoms with Crippen molar-refractivity contribution in [3.8, 4) is 34.1 Å². The zero-order valence-corrected chi connectivity index (χ0v) is 31.6. The van der Waals surface area contributed by atoms with Crippen molar-refractivity contribution in [3.05, 3.63) is 63.8 Å². The summed E-state index contributed by atoms with van der Waals surface area (Å²) >= 11 is 0. The van der Waals surface area contributed by atoms with E-state index in [0.29, 0.717) is 89.7 Å². The zero-order chi connectivity index (χ0) is 37.7. The molecule has 1 fully saturated rings. The number of ether oxygens (including phenoxy) is 4. The summed E-state index contributed by atoms with van der Waals surface area (Å²) in [5.41, 5.74) is 3.42. The number of methoxy groups -OCH3 is 4. The van der Waals surface area contributed by atoms with Crippen LogP contribution in [0.15, 0.2) is 47.3 Å². The summed E-state index contributed by atoms with van der Waals surface area (Å²) in [5.74, 6) is 0.874. The van der Waals surface area contributed by atoms with Gasteiger partial charge in [0, 0.05) is 24.7 Å². The third kappa shape index (κ3) is 7.76. The van der Waals surface area contributed by atoms with Crippen LogP contribution in [0.3, 0.4) is 0 Å². The lowest BCUT2D eigenvalue weighted by Crippen LogP contribution is -2.41. The molecule has 13 nitrogen and oxygen atoms in total. The van der Waals surface area contributed by atoms with E-state index in [-0.39, 0.29) is 28.7 Å². The quantitative estimate of drug-likeness (QED) is 0.224. The summed E-state index contributed by atoms with van der Waals surface area (Å²) in [5, 5.41) is 9.16. The highest BCUT2D eigenvalue weighted by atomic mass is 32.2. The highest BCUT2D eigenvalue weighted by Gasteiger charge is 2.32. The van der Waals surface area contributed by atoms with Crippen LogP contribution < -0.4 is 44.6 Å². The maximum absolute atomic E-state index is 14.0. The van der Waals surface area contributed by atoms with Crippen LogP contribution in [0, 0.1) is 5.92 Å². The summed E-state index contributed by atoms with van der Waals surface area (Å²) in [6.45, 7) is 5.61. The predicted octanol–water partition coefficient (Wildman–Crippen LogP) is 5.27. The van der Waals surface area contributed by atoms with Crippen LogP contribution in [0.5, 0.6) is 23.0 Å². The normalized spacial score (nSPS) is 17.3. The van der Waals surface area contributed by atoms with E-state index in [1.165, 1.54) is 38.6 Å². The molecule has 3 aromatic carbocycles.